The van der Waals surface area contributed by atoms with Crippen LogP contribution in [0, 0.1) is 0 Å². The van der Waals surface area contributed by atoms with Gasteiger partial charge in [-0.05, 0) is 35.9 Å². The fraction of sp³-hybridized carbons (Fsp3) is 0.125. The van der Waals surface area contributed by atoms with Crippen molar-refractivity contribution in [3.63, 3.8) is 0 Å². The summed E-state index contributed by atoms with van der Waals surface area (Å²) in [5.74, 6) is 0.667. The number of anilines is 1. The molecule has 0 radical (unpaired) electrons. The Labute approximate surface area is 168 Å². The standard InChI is InChI=1S/C24H20N2O3/c1-25-17-6-8-19-22(11-17)29-23-12-18(26(2)3)7-9-20(23)24(19)21-10-15(13-27)4-5-16(21)14-28/h4-14H,1-3H3. The molecule has 5 heteroatoms. The summed E-state index contributed by atoms with van der Waals surface area (Å²) in [6.07, 6.45) is 1.60. The SMILES string of the molecule is CN=c1ccc2c(-c3cc(C=O)ccc3C=O)c3ccc(N(C)C)cc3oc-2c1. The zero-order chi connectivity index (χ0) is 20.5. The van der Waals surface area contributed by atoms with E-state index in [4.69, 9.17) is 4.42 Å². The highest BCUT2D eigenvalue weighted by molar-refractivity contribution is 6.06. The first-order valence-corrected chi connectivity index (χ1v) is 9.21. The third-order valence-corrected chi connectivity index (χ3v) is 5.07. The van der Waals surface area contributed by atoms with Gasteiger partial charge in [-0.3, -0.25) is 14.6 Å². The van der Waals surface area contributed by atoms with Gasteiger partial charge in [0, 0.05) is 66.6 Å². The molecule has 0 saturated heterocycles. The van der Waals surface area contributed by atoms with Gasteiger partial charge in [-0.2, -0.15) is 0 Å². The van der Waals surface area contributed by atoms with E-state index in [0.717, 1.165) is 40.1 Å². The number of hydrogen-bond donors (Lipinski definition) is 0. The van der Waals surface area contributed by atoms with Crippen molar-refractivity contribution in [3.8, 4) is 22.5 Å². The molecule has 0 spiro atoms. The van der Waals surface area contributed by atoms with Crippen molar-refractivity contribution < 1.29 is 14.0 Å². The Hall–Kier alpha value is -3.73. The van der Waals surface area contributed by atoms with Crippen molar-refractivity contribution in [3.05, 3.63) is 71.1 Å². The second-order valence-electron chi connectivity index (χ2n) is 7.04. The van der Waals surface area contributed by atoms with Crippen molar-refractivity contribution in [1.82, 2.24) is 0 Å². The van der Waals surface area contributed by atoms with Crippen molar-refractivity contribution >= 4 is 29.2 Å². The predicted octanol–water partition coefficient (Wildman–Crippen LogP) is 4.43. The molecule has 1 aliphatic heterocycles. The molecule has 5 nitrogen and oxygen atoms in total. The lowest BCUT2D eigenvalue weighted by Crippen LogP contribution is -2.08. The van der Waals surface area contributed by atoms with Gasteiger partial charge in [0.05, 0.1) is 5.36 Å². The van der Waals surface area contributed by atoms with E-state index in [1.165, 1.54) is 0 Å². The van der Waals surface area contributed by atoms with Crippen LogP contribution in [0.25, 0.3) is 33.4 Å². The fourth-order valence-electron chi connectivity index (χ4n) is 3.54. The van der Waals surface area contributed by atoms with Crippen LogP contribution >= 0.6 is 0 Å². The van der Waals surface area contributed by atoms with Crippen LogP contribution < -0.4 is 10.3 Å². The minimum Gasteiger partial charge on any atom is -0.456 e. The van der Waals surface area contributed by atoms with Gasteiger partial charge >= 0.3 is 0 Å². The van der Waals surface area contributed by atoms with Gasteiger partial charge < -0.3 is 9.32 Å². The second-order valence-corrected chi connectivity index (χ2v) is 7.04. The van der Waals surface area contributed by atoms with Crippen LogP contribution in [0.1, 0.15) is 20.7 Å². The van der Waals surface area contributed by atoms with E-state index < -0.39 is 0 Å². The molecule has 0 saturated carbocycles. The average molecular weight is 384 g/mol. The van der Waals surface area contributed by atoms with Gasteiger partial charge in [0.1, 0.15) is 17.6 Å². The number of aldehydes is 2. The number of hydrogen-bond acceptors (Lipinski definition) is 5. The van der Waals surface area contributed by atoms with Crippen LogP contribution in [-0.2, 0) is 0 Å². The number of fused-ring (bicyclic) bond motifs is 2. The van der Waals surface area contributed by atoms with Crippen molar-refractivity contribution in [1.29, 1.82) is 0 Å². The highest BCUT2D eigenvalue weighted by Gasteiger charge is 2.20. The third-order valence-electron chi connectivity index (χ3n) is 5.07. The Bertz CT molecular complexity index is 1290. The topological polar surface area (TPSA) is 62.9 Å². The van der Waals surface area contributed by atoms with E-state index in [1.807, 2.05) is 55.4 Å². The highest BCUT2D eigenvalue weighted by atomic mass is 16.3. The Kier molecular flexibility index (Phi) is 4.72. The molecule has 144 valence electrons. The van der Waals surface area contributed by atoms with Crippen molar-refractivity contribution in [2.75, 3.05) is 26.0 Å². The molecule has 2 aliphatic rings. The number of rotatable bonds is 4. The van der Waals surface area contributed by atoms with Crippen LogP contribution in [0.15, 0.2) is 64.0 Å². The first kappa shape index (κ1) is 18.6. The first-order valence-electron chi connectivity index (χ1n) is 9.21. The molecular weight excluding hydrogens is 364 g/mol. The quantitative estimate of drug-likeness (QED) is 0.386. The lowest BCUT2D eigenvalue weighted by Gasteiger charge is -2.19. The van der Waals surface area contributed by atoms with E-state index in [9.17, 15) is 9.59 Å². The summed E-state index contributed by atoms with van der Waals surface area (Å²) in [5, 5.41) is 1.67. The molecule has 2 aromatic rings. The predicted molar refractivity (Wildman–Crippen MR) is 115 cm³/mol. The second kappa shape index (κ2) is 7.36. The molecule has 2 aromatic carbocycles. The van der Waals surface area contributed by atoms with Crippen molar-refractivity contribution in [2.24, 2.45) is 4.99 Å². The molecule has 4 rings (SSSR count). The summed E-state index contributed by atoms with van der Waals surface area (Å²) in [7, 11) is 5.66. The van der Waals surface area contributed by atoms with Crippen LogP contribution in [0.5, 0.6) is 0 Å². The molecule has 1 heterocycles. The minimum atomic E-state index is 0.512. The van der Waals surface area contributed by atoms with Crippen LogP contribution in [0.4, 0.5) is 5.69 Å². The molecule has 0 bridgehead atoms. The zero-order valence-electron chi connectivity index (χ0n) is 16.5. The van der Waals surface area contributed by atoms with Gasteiger partial charge in [0.2, 0.25) is 0 Å². The first-order chi connectivity index (χ1) is 14.0. The molecule has 0 fully saturated rings. The molecule has 0 amide bonds. The molecule has 0 aromatic heterocycles. The summed E-state index contributed by atoms with van der Waals surface area (Å²) in [5.41, 5.74) is 5.14. The lowest BCUT2D eigenvalue weighted by atomic mass is 9.90. The van der Waals surface area contributed by atoms with Gasteiger partial charge in [0.15, 0.2) is 6.29 Å². The number of carbonyl (C=O) groups is 2. The van der Waals surface area contributed by atoms with Crippen LogP contribution in [-0.4, -0.2) is 33.7 Å². The number of nitrogens with zero attached hydrogens (tertiary/aromatic N) is 2. The van der Waals surface area contributed by atoms with Gasteiger partial charge in [-0.15, -0.1) is 0 Å². The van der Waals surface area contributed by atoms with E-state index in [1.54, 1.807) is 25.2 Å². The smallest absolute Gasteiger partial charge is 0.150 e. The summed E-state index contributed by atoms with van der Waals surface area (Å²) in [4.78, 5) is 29.4. The summed E-state index contributed by atoms with van der Waals surface area (Å²) in [6.45, 7) is 0. The number of carbonyl (C=O) groups excluding carboxylic acids is 2. The largest absolute Gasteiger partial charge is 0.456 e. The molecule has 0 unspecified atom stereocenters. The van der Waals surface area contributed by atoms with Gasteiger partial charge in [-0.25, -0.2) is 0 Å². The van der Waals surface area contributed by atoms with Gasteiger partial charge in [0.25, 0.3) is 0 Å². The zero-order valence-corrected chi connectivity index (χ0v) is 16.5. The van der Waals surface area contributed by atoms with Crippen LogP contribution in [0.3, 0.4) is 0 Å². The lowest BCUT2D eigenvalue weighted by molar-refractivity contribution is 0.111. The molecular formula is C24H20N2O3. The third kappa shape index (κ3) is 3.21. The maximum absolute atomic E-state index is 11.8. The molecule has 0 atom stereocenters. The number of benzene rings is 3. The van der Waals surface area contributed by atoms with Crippen molar-refractivity contribution in [2.45, 2.75) is 0 Å². The Balaban J connectivity index is 2.19. The maximum Gasteiger partial charge on any atom is 0.150 e. The summed E-state index contributed by atoms with van der Waals surface area (Å²) >= 11 is 0. The average Bonchev–Trinajstić information content (AvgIpc) is 2.76. The van der Waals surface area contributed by atoms with Gasteiger partial charge in [-0.1, -0.05) is 12.1 Å². The Morgan fingerprint density at radius 2 is 1.72 bits per heavy atom. The summed E-state index contributed by atoms with van der Waals surface area (Å²) in [6, 6.07) is 16.8. The van der Waals surface area contributed by atoms with E-state index in [0.29, 0.717) is 28.0 Å². The monoisotopic (exact) mass is 384 g/mol. The molecule has 1 aliphatic carbocycles. The maximum atomic E-state index is 11.8. The molecule has 0 N–H and O–H groups in total. The van der Waals surface area contributed by atoms with E-state index in [-0.39, 0.29) is 0 Å². The normalized spacial score (nSPS) is 11.8. The minimum absolute atomic E-state index is 0.512. The van der Waals surface area contributed by atoms with E-state index >= 15 is 0 Å². The van der Waals surface area contributed by atoms with E-state index in [2.05, 4.69) is 4.99 Å². The molecule has 29 heavy (non-hydrogen) atoms. The Morgan fingerprint density at radius 3 is 2.41 bits per heavy atom. The Morgan fingerprint density at radius 1 is 0.897 bits per heavy atom. The fourth-order valence-corrected chi connectivity index (χ4v) is 3.54. The highest BCUT2D eigenvalue weighted by Crippen LogP contribution is 2.41. The summed E-state index contributed by atoms with van der Waals surface area (Å²) < 4.78 is 6.23. The van der Waals surface area contributed by atoms with Crippen LogP contribution in [0.2, 0.25) is 0 Å².